The summed E-state index contributed by atoms with van der Waals surface area (Å²) in [6, 6.07) is 0.777. The first kappa shape index (κ1) is 13.3. The van der Waals surface area contributed by atoms with Gasteiger partial charge in [0.05, 0.1) is 13.2 Å². The second-order valence-electron chi connectivity index (χ2n) is 4.37. The van der Waals surface area contributed by atoms with Crippen LogP contribution in [0.4, 0.5) is 0 Å². The molecule has 1 fully saturated rings. The van der Waals surface area contributed by atoms with E-state index in [9.17, 15) is 0 Å². The van der Waals surface area contributed by atoms with Crippen LogP contribution in [0.1, 0.15) is 12.8 Å². The van der Waals surface area contributed by atoms with Gasteiger partial charge in [0.15, 0.2) is 0 Å². The number of nitrogens with zero attached hydrogens (tertiary/aromatic N) is 2. The molecule has 0 atom stereocenters. The molecule has 0 amide bonds. The molecule has 90 valence electrons. The van der Waals surface area contributed by atoms with Gasteiger partial charge in [-0.3, -0.25) is 0 Å². The molecular weight excluding hydrogens is 208 g/mol. The second-order valence-corrected chi connectivity index (χ2v) is 4.82. The van der Waals surface area contributed by atoms with E-state index in [2.05, 4.69) is 36.5 Å². The lowest BCUT2D eigenvalue weighted by molar-refractivity contribution is 0.0885. The minimum Gasteiger partial charge on any atom is -0.379 e. The fraction of sp³-hybridized carbons (Fsp3) is 1.00. The predicted octanol–water partition coefficient (Wildman–Crippen LogP) is 0.959. The Bertz CT molecular complexity index is 159. The molecule has 1 saturated heterocycles. The molecule has 0 aromatic heterocycles. The Labute approximate surface area is 99.2 Å². The molecule has 1 rings (SSSR count). The van der Waals surface area contributed by atoms with Gasteiger partial charge in [0.2, 0.25) is 0 Å². The van der Waals surface area contributed by atoms with Crippen molar-refractivity contribution in [2.24, 2.45) is 0 Å². The molecule has 0 aromatic carbocycles. The van der Waals surface area contributed by atoms with Gasteiger partial charge in [-0.15, -0.1) is 0 Å². The van der Waals surface area contributed by atoms with Gasteiger partial charge in [-0.25, -0.2) is 0 Å². The molecule has 0 spiro atoms. The van der Waals surface area contributed by atoms with Crippen molar-refractivity contribution in [2.75, 3.05) is 52.7 Å². The summed E-state index contributed by atoms with van der Waals surface area (Å²) < 4.78 is 5.43. The number of likely N-dealkylation sites (tertiary alicyclic amines) is 1. The third kappa shape index (κ3) is 5.20. The Hall–Kier alpha value is 0.230. The highest BCUT2D eigenvalue weighted by molar-refractivity contribution is 7.80. The zero-order valence-electron chi connectivity index (χ0n) is 9.98. The number of rotatable bonds is 6. The summed E-state index contributed by atoms with van der Waals surface area (Å²) in [5.41, 5.74) is 0. The van der Waals surface area contributed by atoms with E-state index < -0.39 is 0 Å². The van der Waals surface area contributed by atoms with Crippen molar-refractivity contribution in [2.45, 2.75) is 18.9 Å². The molecule has 4 heteroatoms. The molecule has 15 heavy (non-hydrogen) atoms. The summed E-state index contributed by atoms with van der Waals surface area (Å²) in [7, 11) is 4.35. The summed E-state index contributed by atoms with van der Waals surface area (Å²) in [4.78, 5) is 4.84. The number of ether oxygens (including phenoxy) is 1. The first-order valence-electron chi connectivity index (χ1n) is 5.81. The van der Waals surface area contributed by atoms with Crippen LogP contribution >= 0.6 is 12.6 Å². The van der Waals surface area contributed by atoms with Gasteiger partial charge in [-0.2, -0.15) is 12.6 Å². The van der Waals surface area contributed by atoms with Gasteiger partial charge < -0.3 is 14.5 Å². The lowest BCUT2D eigenvalue weighted by atomic mass is 10.0. The molecule has 1 aliphatic heterocycles. The Balaban J connectivity index is 2.04. The summed E-state index contributed by atoms with van der Waals surface area (Å²) >= 11 is 4.11. The van der Waals surface area contributed by atoms with Crippen molar-refractivity contribution >= 4 is 12.6 Å². The number of thiol groups is 1. The normalized spacial score (nSPS) is 20.0. The largest absolute Gasteiger partial charge is 0.379 e. The molecule has 0 radical (unpaired) electrons. The van der Waals surface area contributed by atoms with Gasteiger partial charge in [0, 0.05) is 18.3 Å². The van der Waals surface area contributed by atoms with Gasteiger partial charge in [-0.1, -0.05) is 0 Å². The highest BCUT2D eigenvalue weighted by atomic mass is 32.1. The lowest BCUT2D eigenvalue weighted by Gasteiger charge is -2.35. The highest BCUT2D eigenvalue weighted by Gasteiger charge is 2.19. The smallest absolute Gasteiger partial charge is 0.0593 e. The summed E-state index contributed by atoms with van der Waals surface area (Å²) in [6.07, 6.45) is 2.58. The number of hydrogen-bond donors (Lipinski definition) is 1. The Morgan fingerprint density at radius 1 is 1.27 bits per heavy atom. The first-order valence-corrected chi connectivity index (χ1v) is 6.44. The Kier molecular flexibility index (Phi) is 6.64. The van der Waals surface area contributed by atoms with E-state index in [1.54, 1.807) is 0 Å². The zero-order valence-corrected chi connectivity index (χ0v) is 10.9. The van der Waals surface area contributed by atoms with Crippen LogP contribution in [0, 0.1) is 0 Å². The monoisotopic (exact) mass is 232 g/mol. The van der Waals surface area contributed by atoms with Gasteiger partial charge >= 0.3 is 0 Å². The van der Waals surface area contributed by atoms with Crippen molar-refractivity contribution < 1.29 is 4.74 Å². The van der Waals surface area contributed by atoms with Gasteiger partial charge in [-0.05, 0) is 40.0 Å². The van der Waals surface area contributed by atoms with E-state index in [0.29, 0.717) is 0 Å². The van der Waals surface area contributed by atoms with E-state index in [1.807, 2.05) is 0 Å². The molecule has 1 heterocycles. The van der Waals surface area contributed by atoms with Crippen molar-refractivity contribution in [1.29, 1.82) is 0 Å². The van der Waals surface area contributed by atoms with Crippen LogP contribution in [0.5, 0.6) is 0 Å². The third-order valence-electron chi connectivity index (χ3n) is 3.07. The van der Waals surface area contributed by atoms with E-state index in [-0.39, 0.29) is 0 Å². The molecular formula is C11H24N2OS. The van der Waals surface area contributed by atoms with E-state index in [0.717, 1.165) is 31.6 Å². The minimum atomic E-state index is 0.775. The number of hydrogen-bond acceptors (Lipinski definition) is 4. The molecule has 0 aliphatic carbocycles. The average Bonchev–Trinajstić information content (AvgIpc) is 2.25. The SMILES string of the molecule is CN(C)C1CCN(CCOCCS)CC1. The van der Waals surface area contributed by atoms with Crippen LogP contribution in [0.15, 0.2) is 0 Å². The first-order chi connectivity index (χ1) is 7.24. The fourth-order valence-corrected chi connectivity index (χ4v) is 2.15. The van der Waals surface area contributed by atoms with Crippen LogP contribution in [-0.4, -0.2) is 68.5 Å². The maximum atomic E-state index is 5.43. The van der Waals surface area contributed by atoms with Gasteiger partial charge in [0.25, 0.3) is 0 Å². The van der Waals surface area contributed by atoms with Crippen LogP contribution in [0.2, 0.25) is 0 Å². The molecule has 1 aliphatic rings. The summed E-state index contributed by atoms with van der Waals surface area (Å²) in [6.45, 7) is 5.14. The van der Waals surface area contributed by atoms with Crippen molar-refractivity contribution in [1.82, 2.24) is 9.80 Å². The van der Waals surface area contributed by atoms with E-state index in [1.165, 1.54) is 25.9 Å². The summed E-state index contributed by atoms with van der Waals surface area (Å²) in [5, 5.41) is 0. The van der Waals surface area contributed by atoms with Gasteiger partial charge in [0.1, 0.15) is 0 Å². The highest BCUT2D eigenvalue weighted by Crippen LogP contribution is 2.13. The topological polar surface area (TPSA) is 15.7 Å². The minimum absolute atomic E-state index is 0.775. The van der Waals surface area contributed by atoms with Crippen LogP contribution < -0.4 is 0 Å². The molecule has 0 bridgehead atoms. The molecule has 3 nitrogen and oxygen atoms in total. The van der Waals surface area contributed by atoms with Crippen molar-refractivity contribution in [3.8, 4) is 0 Å². The maximum absolute atomic E-state index is 5.43. The van der Waals surface area contributed by atoms with Crippen LogP contribution in [0.25, 0.3) is 0 Å². The van der Waals surface area contributed by atoms with Crippen molar-refractivity contribution in [3.05, 3.63) is 0 Å². The zero-order chi connectivity index (χ0) is 11.1. The quantitative estimate of drug-likeness (QED) is 0.542. The fourth-order valence-electron chi connectivity index (χ4n) is 2.02. The Morgan fingerprint density at radius 2 is 1.93 bits per heavy atom. The predicted molar refractivity (Wildman–Crippen MR) is 67.8 cm³/mol. The Morgan fingerprint density at radius 3 is 2.47 bits per heavy atom. The number of piperidine rings is 1. The van der Waals surface area contributed by atoms with Crippen LogP contribution in [-0.2, 0) is 4.74 Å². The third-order valence-corrected chi connectivity index (χ3v) is 3.26. The molecule has 0 aromatic rings. The van der Waals surface area contributed by atoms with E-state index in [4.69, 9.17) is 4.74 Å². The molecule has 0 unspecified atom stereocenters. The van der Waals surface area contributed by atoms with Crippen molar-refractivity contribution in [3.63, 3.8) is 0 Å². The average molecular weight is 232 g/mol. The van der Waals surface area contributed by atoms with E-state index >= 15 is 0 Å². The summed E-state index contributed by atoms with van der Waals surface area (Å²) in [5.74, 6) is 0.822. The van der Waals surface area contributed by atoms with Crippen LogP contribution in [0.3, 0.4) is 0 Å². The molecule has 0 saturated carbocycles. The molecule has 0 N–H and O–H groups in total. The maximum Gasteiger partial charge on any atom is 0.0593 e. The standard InChI is InChI=1S/C11H24N2OS/c1-12(2)11-3-5-13(6-4-11)7-8-14-9-10-15/h11,15H,3-10H2,1-2H3. The lowest BCUT2D eigenvalue weighted by Crippen LogP contribution is -2.43. The second kappa shape index (κ2) is 7.49.